The molecule has 0 spiro atoms. The van der Waals surface area contributed by atoms with Gasteiger partial charge >= 0.3 is 5.37 Å². The number of halogens is 1. The number of ketones is 2. The van der Waals surface area contributed by atoms with Crippen molar-refractivity contribution in [2.24, 2.45) is 0 Å². The number of fused-ring (bicyclic) bond motifs is 2. The van der Waals surface area contributed by atoms with Gasteiger partial charge in [0, 0.05) is 27.9 Å². The number of amides is 1. The third-order valence-electron chi connectivity index (χ3n) is 3.17. The lowest BCUT2D eigenvalue weighted by Crippen LogP contribution is -2.21. The van der Waals surface area contributed by atoms with E-state index in [2.05, 4.69) is 5.32 Å². The van der Waals surface area contributed by atoms with Crippen LogP contribution in [0, 0.1) is 0 Å². The molecule has 2 aromatic carbocycles. The van der Waals surface area contributed by atoms with Gasteiger partial charge in [-0.2, -0.15) is 0 Å². The Hall–Kier alpha value is -2.46. The van der Waals surface area contributed by atoms with E-state index in [1.54, 1.807) is 24.3 Å². The summed E-state index contributed by atoms with van der Waals surface area (Å²) in [5, 5.41) is 1.63. The molecule has 4 nitrogen and oxygen atoms in total. The third kappa shape index (κ3) is 1.90. The van der Waals surface area contributed by atoms with E-state index in [0.29, 0.717) is 22.4 Å². The van der Waals surface area contributed by atoms with Crippen LogP contribution >= 0.6 is 11.6 Å². The van der Waals surface area contributed by atoms with Crippen LogP contribution in [-0.2, 0) is 0 Å². The molecule has 0 aliphatic heterocycles. The summed E-state index contributed by atoms with van der Waals surface area (Å²) in [6.07, 6.45) is 0. The fourth-order valence-electron chi connectivity index (χ4n) is 2.29. The van der Waals surface area contributed by atoms with Crippen molar-refractivity contribution in [3.63, 3.8) is 0 Å². The second kappa shape index (κ2) is 4.58. The van der Waals surface area contributed by atoms with Gasteiger partial charge in [-0.1, -0.05) is 24.3 Å². The fraction of sp³-hybridized carbons (Fsp3) is 0. The number of hydrogen-bond acceptors (Lipinski definition) is 3. The average Bonchev–Trinajstić information content (AvgIpc) is 2.44. The number of hydrogen-bond donors (Lipinski definition) is 1. The first-order valence-corrected chi connectivity index (χ1v) is 6.24. The van der Waals surface area contributed by atoms with E-state index in [-0.39, 0.29) is 17.1 Å². The number of anilines is 1. The molecule has 5 heteroatoms. The van der Waals surface area contributed by atoms with Crippen molar-refractivity contribution < 1.29 is 14.4 Å². The van der Waals surface area contributed by atoms with Gasteiger partial charge in [0.2, 0.25) is 0 Å². The minimum Gasteiger partial charge on any atom is -0.312 e. The smallest absolute Gasteiger partial charge is 0.312 e. The molecule has 3 rings (SSSR count). The van der Waals surface area contributed by atoms with E-state index in [4.69, 9.17) is 11.6 Å². The first-order valence-electron chi connectivity index (χ1n) is 5.87. The second-order valence-corrected chi connectivity index (χ2v) is 4.71. The molecular weight excluding hydrogens is 278 g/mol. The topological polar surface area (TPSA) is 63.2 Å². The monoisotopic (exact) mass is 285 g/mol. The van der Waals surface area contributed by atoms with Crippen LogP contribution in [-0.4, -0.2) is 16.9 Å². The van der Waals surface area contributed by atoms with Gasteiger partial charge in [0.1, 0.15) is 0 Å². The lowest BCUT2D eigenvalue weighted by Gasteiger charge is -2.17. The van der Waals surface area contributed by atoms with Crippen LogP contribution in [0.2, 0.25) is 0 Å². The average molecular weight is 286 g/mol. The van der Waals surface area contributed by atoms with Gasteiger partial charge in [0.05, 0.1) is 0 Å². The molecule has 1 N–H and O–H groups in total. The Bertz CT molecular complexity index is 767. The summed E-state index contributed by atoms with van der Waals surface area (Å²) in [5.74, 6) is -0.431. The summed E-state index contributed by atoms with van der Waals surface area (Å²) in [6.45, 7) is 0. The lowest BCUT2D eigenvalue weighted by molar-refractivity contribution is 0.0979. The van der Waals surface area contributed by atoms with E-state index >= 15 is 0 Å². The lowest BCUT2D eigenvalue weighted by atomic mass is 9.84. The highest BCUT2D eigenvalue weighted by atomic mass is 35.5. The van der Waals surface area contributed by atoms with Gasteiger partial charge in [-0.05, 0) is 29.8 Å². The van der Waals surface area contributed by atoms with Gasteiger partial charge < -0.3 is 5.32 Å². The van der Waals surface area contributed by atoms with Gasteiger partial charge in [0.15, 0.2) is 11.6 Å². The normalized spacial score (nSPS) is 12.7. The van der Waals surface area contributed by atoms with Crippen LogP contribution in [0.5, 0.6) is 0 Å². The molecule has 20 heavy (non-hydrogen) atoms. The summed E-state index contributed by atoms with van der Waals surface area (Å²) in [4.78, 5) is 35.5. The van der Waals surface area contributed by atoms with Gasteiger partial charge in [-0.3, -0.25) is 14.4 Å². The maximum atomic E-state index is 12.4. The van der Waals surface area contributed by atoms with Crippen LogP contribution in [0.25, 0.3) is 0 Å². The predicted molar refractivity (Wildman–Crippen MR) is 74.6 cm³/mol. The minimum absolute atomic E-state index is 0.195. The van der Waals surface area contributed by atoms with Crippen molar-refractivity contribution in [2.45, 2.75) is 0 Å². The Morgan fingerprint density at radius 2 is 1.40 bits per heavy atom. The Balaban J connectivity index is 2.16. The van der Waals surface area contributed by atoms with Crippen LogP contribution in [0.15, 0.2) is 42.5 Å². The largest absolute Gasteiger partial charge is 0.318 e. The number of rotatable bonds is 1. The van der Waals surface area contributed by atoms with Gasteiger partial charge in [-0.15, -0.1) is 0 Å². The Morgan fingerprint density at radius 3 is 2.00 bits per heavy atom. The number of benzene rings is 2. The van der Waals surface area contributed by atoms with Crippen molar-refractivity contribution in [3.05, 3.63) is 64.7 Å². The van der Waals surface area contributed by atoms with Crippen LogP contribution in [0.3, 0.4) is 0 Å². The minimum atomic E-state index is -0.750. The molecule has 0 unspecified atom stereocenters. The summed E-state index contributed by atoms with van der Waals surface area (Å²) < 4.78 is 0. The fourth-order valence-corrected chi connectivity index (χ4v) is 2.40. The van der Waals surface area contributed by atoms with Crippen molar-refractivity contribution >= 4 is 34.2 Å². The number of carbonyl (C=O) groups excluding carboxylic acids is 3. The molecule has 0 saturated carbocycles. The molecule has 1 aliphatic carbocycles. The van der Waals surface area contributed by atoms with Gasteiger partial charge in [-0.25, -0.2) is 0 Å². The zero-order valence-corrected chi connectivity index (χ0v) is 10.9. The molecule has 0 radical (unpaired) electrons. The molecule has 0 aromatic heterocycles. The van der Waals surface area contributed by atoms with Crippen molar-refractivity contribution in [2.75, 3.05) is 5.32 Å². The van der Waals surface area contributed by atoms with Crippen molar-refractivity contribution in [1.82, 2.24) is 0 Å². The molecule has 0 bridgehead atoms. The van der Waals surface area contributed by atoms with Crippen LogP contribution in [0.1, 0.15) is 31.8 Å². The highest BCUT2D eigenvalue weighted by Crippen LogP contribution is 2.29. The highest BCUT2D eigenvalue weighted by molar-refractivity contribution is 6.65. The van der Waals surface area contributed by atoms with E-state index in [1.807, 2.05) is 0 Å². The molecule has 0 atom stereocenters. The molecule has 98 valence electrons. The quantitative estimate of drug-likeness (QED) is 0.551. The van der Waals surface area contributed by atoms with Crippen molar-refractivity contribution in [1.29, 1.82) is 0 Å². The summed E-state index contributed by atoms with van der Waals surface area (Å²) in [7, 11) is 0. The van der Waals surface area contributed by atoms with Crippen LogP contribution in [0.4, 0.5) is 10.5 Å². The predicted octanol–water partition coefficient (Wildman–Crippen LogP) is 3.23. The molecule has 0 saturated heterocycles. The third-order valence-corrected chi connectivity index (χ3v) is 3.26. The van der Waals surface area contributed by atoms with Crippen molar-refractivity contribution in [3.8, 4) is 0 Å². The zero-order valence-electron chi connectivity index (χ0n) is 10.1. The molecule has 1 aliphatic rings. The summed E-state index contributed by atoms with van der Waals surface area (Å²) in [5.41, 5.74) is 1.76. The maximum Gasteiger partial charge on any atom is 0.318 e. The Morgan fingerprint density at radius 1 is 0.850 bits per heavy atom. The summed E-state index contributed by atoms with van der Waals surface area (Å²) >= 11 is 5.24. The second-order valence-electron chi connectivity index (χ2n) is 4.36. The Kier molecular flexibility index (Phi) is 2.88. The standard InChI is InChI=1S/C15H8ClNO3/c16-15(20)17-8-5-6-11-12(7-8)14(19)10-4-2-1-3-9(10)13(11)18/h1-7H,(H,17,20). The van der Waals surface area contributed by atoms with Crippen LogP contribution < -0.4 is 5.32 Å². The number of nitrogens with one attached hydrogen (secondary N) is 1. The Labute approximate surface area is 119 Å². The molecule has 0 heterocycles. The summed E-state index contributed by atoms with van der Waals surface area (Å²) in [6, 6.07) is 11.2. The highest BCUT2D eigenvalue weighted by Gasteiger charge is 2.29. The first kappa shape index (κ1) is 12.6. The van der Waals surface area contributed by atoms with E-state index in [9.17, 15) is 14.4 Å². The molecule has 1 amide bonds. The van der Waals surface area contributed by atoms with E-state index < -0.39 is 5.37 Å². The molecule has 0 fully saturated rings. The molecule has 2 aromatic rings. The van der Waals surface area contributed by atoms with Gasteiger partial charge in [0.25, 0.3) is 0 Å². The molecular formula is C15H8ClNO3. The zero-order chi connectivity index (χ0) is 14.3. The maximum absolute atomic E-state index is 12.4. The number of carbonyl (C=O) groups is 3. The SMILES string of the molecule is O=C(Cl)Nc1ccc2c(c1)C(=O)c1ccccc1C2=O. The first-order chi connectivity index (χ1) is 9.58. The van der Waals surface area contributed by atoms with E-state index in [0.717, 1.165) is 0 Å². The van der Waals surface area contributed by atoms with E-state index in [1.165, 1.54) is 18.2 Å².